The fourth-order valence-corrected chi connectivity index (χ4v) is 3.77. The predicted molar refractivity (Wildman–Crippen MR) is 105 cm³/mol. The molecule has 2 aromatic carbocycles. The third-order valence-electron chi connectivity index (χ3n) is 4.10. The second-order valence-corrected chi connectivity index (χ2v) is 8.39. The minimum absolute atomic E-state index is 0.228. The summed E-state index contributed by atoms with van der Waals surface area (Å²) in [6, 6.07) is 10.7. The van der Waals surface area contributed by atoms with Gasteiger partial charge in [0.15, 0.2) is 27.3 Å². The number of ether oxygens (including phenoxy) is 2. The highest BCUT2D eigenvalue weighted by Crippen LogP contribution is 2.32. The molecular weight excluding hydrogens is 366 g/mol. The van der Waals surface area contributed by atoms with Crippen LogP contribution in [0.4, 0.5) is 5.69 Å². The van der Waals surface area contributed by atoms with Crippen molar-refractivity contribution in [3.63, 3.8) is 0 Å². The first kappa shape index (κ1) is 19.0. The molecule has 8 heteroatoms. The van der Waals surface area contributed by atoms with Crippen LogP contribution in [0.3, 0.4) is 0 Å². The summed E-state index contributed by atoms with van der Waals surface area (Å²) in [7, 11) is -3.28. The lowest BCUT2D eigenvalue weighted by Crippen LogP contribution is -2.22. The largest absolute Gasteiger partial charge is 0.490 e. The van der Waals surface area contributed by atoms with Crippen molar-refractivity contribution in [1.82, 2.24) is 0 Å². The average molecular weight is 389 g/mol. The van der Waals surface area contributed by atoms with E-state index in [0.717, 1.165) is 17.7 Å². The van der Waals surface area contributed by atoms with Crippen LogP contribution in [0.2, 0.25) is 0 Å². The van der Waals surface area contributed by atoms with Crippen molar-refractivity contribution >= 4 is 21.5 Å². The van der Waals surface area contributed by atoms with Crippen molar-refractivity contribution in [3.05, 3.63) is 47.5 Å². The lowest BCUT2D eigenvalue weighted by atomic mass is 10.1. The van der Waals surface area contributed by atoms with Gasteiger partial charge in [-0.3, -0.25) is 0 Å². The number of benzene rings is 2. The molecule has 7 nitrogen and oxygen atoms in total. The van der Waals surface area contributed by atoms with Crippen LogP contribution < -0.4 is 20.5 Å². The third-order valence-corrected chi connectivity index (χ3v) is 5.34. The first-order valence-electron chi connectivity index (χ1n) is 8.59. The normalized spacial score (nSPS) is 14.5. The molecule has 0 unspecified atom stereocenters. The molecular formula is C19H23N3O4S. The van der Waals surface area contributed by atoms with E-state index in [1.54, 1.807) is 19.1 Å². The summed E-state index contributed by atoms with van der Waals surface area (Å²) in [4.78, 5) is 4.60. The molecule has 1 aliphatic heterocycles. The zero-order chi connectivity index (χ0) is 19.4. The monoisotopic (exact) mass is 389 g/mol. The topological polar surface area (TPSA) is 103 Å². The molecule has 27 heavy (non-hydrogen) atoms. The van der Waals surface area contributed by atoms with Crippen LogP contribution in [0.1, 0.15) is 17.5 Å². The van der Waals surface area contributed by atoms with Gasteiger partial charge in [0.2, 0.25) is 0 Å². The van der Waals surface area contributed by atoms with Crippen LogP contribution in [0.25, 0.3) is 0 Å². The summed E-state index contributed by atoms with van der Waals surface area (Å²) in [6.45, 7) is 3.28. The molecule has 0 atom stereocenters. The van der Waals surface area contributed by atoms with E-state index >= 15 is 0 Å². The zero-order valence-corrected chi connectivity index (χ0v) is 16.2. The van der Waals surface area contributed by atoms with Crippen molar-refractivity contribution in [2.75, 3.05) is 24.8 Å². The summed E-state index contributed by atoms with van der Waals surface area (Å²) in [6.07, 6.45) is 2.04. The van der Waals surface area contributed by atoms with E-state index in [9.17, 15) is 8.42 Å². The average Bonchev–Trinajstić information content (AvgIpc) is 2.85. The van der Waals surface area contributed by atoms with Gasteiger partial charge in [-0.1, -0.05) is 12.1 Å². The molecule has 0 saturated heterocycles. The van der Waals surface area contributed by atoms with Crippen molar-refractivity contribution in [2.24, 2.45) is 10.7 Å². The minimum Gasteiger partial charge on any atom is -0.490 e. The minimum atomic E-state index is -3.28. The number of nitrogens with two attached hydrogens (primary N) is 1. The van der Waals surface area contributed by atoms with Gasteiger partial charge in [-0.15, -0.1) is 0 Å². The van der Waals surface area contributed by atoms with Crippen LogP contribution in [-0.4, -0.2) is 33.8 Å². The number of aliphatic imine (C=N–C) groups is 1. The third kappa shape index (κ3) is 4.91. The summed E-state index contributed by atoms with van der Waals surface area (Å²) >= 11 is 0. The molecule has 0 aliphatic carbocycles. The van der Waals surface area contributed by atoms with Gasteiger partial charge in [0.25, 0.3) is 0 Å². The van der Waals surface area contributed by atoms with Gasteiger partial charge in [0.1, 0.15) is 0 Å². The van der Waals surface area contributed by atoms with Crippen LogP contribution >= 0.6 is 0 Å². The number of nitrogens with zero attached hydrogens (tertiary/aromatic N) is 1. The maximum absolute atomic E-state index is 11.8. The number of hydrogen-bond acceptors (Lipinski definition) is 5. The van der Waals surface area contributed by atoms with E-state index in [2.05, 4.69) is 10.3 Å². The molecule has 1 aliphatic rings. The van der Waals surface area contributed by atoms with Crippen LogP contribution in [0, 0.1) is 6.92 Å². The van der Waals surface area contributed by atoms with Crippen molar-refractivity contribution in [3.8, 4) is 11.5 Å². The van der Waals surface area contributed by atoms with E-state index < -0.39 is 9.84 Å². The Morgan fingerprint density at radius 2 is 1.89 bits per heavy atom. The number of fused-ring (bicyclic) bond motifs is 1. The number of hydrogen-bond donors (Lipinski definition) is 2. The van der Waals surface area contributed by atoms with E-state index in [0.29, 0.717) is 35.2 Å². The zero-order valence-electron chi connectivity index (χ0n) is 15.4. The second-order valence-electron chi connectivity index (χ2n) is 6.41. The van der Waals surface area contributed by atoms with Gasteiger partial charge < -0.3 is 20.5 Å². The highest BCUT2D eigenvalue weighted by molar-refractivity contribution is 7.90. The number of rotatable bonds is 4. The van der Waals surface area contributed by atoms with Gasteiger partial charge in [-0.2, -0.15) is 0 Å². The van der Waals surface area contributed by atoms with Crippen LogP contribution in [-0.2, 0) is 16.4 Å². The number of nitrogens with one attached hydrogen (secondary N) is 1. The van der Waals surface area contributed by atoms with E-state index in [4.69, 9.17) is 15.2 Å². The quantitative estimate of drug-likeness (QED) is 0.615. The summed E-state index contributed by atoms with van der Waals surface area (Å²) in [5, 5.41) is 3.01. The molecule has 0 saturated carbocycles. The highest BCUT2D eigenvalue weighted by Gasteiger charge is 2.12. The predicted octanol–water partition coefficient (Wildman–Crippen LogP) is 2.49. The smallest absolute Gasteiger partial charge is 0.193 e. The Labute approximate surface area is 159 Å². The maximum atomic E-state index is 11.8. The molecule has 3 rings (SSSR count). The van der Waals surface area contributed by atoms with Gasteiger partial charge in [0, 0.05) is 24.4 Å². The number of aryl methyl sites for hydroxylation is 1. The Balaban J connectivity index is 1.71. The van der Waals surface area contributed by atoms with E-state index in [-0.39, 0.29) is 12.5 Å². The van der Waals surface area contributed by atoms with Gasteiger partial charge in [-0.05, 0) is 36.2 Å². The molecule has 144 valence electrons. The van der Waals surface area contributed by atoms with Gasteiger partial charge in [-0.25, -0.2) is 13.4 Å². The fourth-order valence-electron chi connectivity index (χ4n) is 2.75. The Bertz CT molecular complexity index is 971. The molecule has 3 N–H and O–H groups in total. The number of sulfone groups is 1. The molecule has 0 aromatic heterocycles. The maximum Gasteiger partial charge on any atom is 0.193 e. The first-order chi connectivity index (χ1) is 12.8. The Morgan fingerprint density at radius 1 is 1.15 bits per heavy atom. The van der Waals surface area contributed by atoms with Gasteiger partial charge in [0.05, 0.1) is 24.7 Å². The Morgan fingerprint density at radius 3 is 2.63 bits per heavy atom. The molecule has 0 radical (unpaired) electrons. The first-order valence-corrected chi connectivity index (χ1v) is 10.5. The molecule has 0 amide bonds. The summed E-state index contributed by atoms with van der Waals surface area (Å²) in [5.41, 5.74) is 8.18. The van der Waals surface area contributed by atoms with Crippen LogP contribution in [0.15, 0.2) is 46.3 Å². The number of anilines is 1. The molecule has 0 bridgehead atoms. The van der Waals surface area contributed by atoms with Crippen molar-refractivity contribution in [2.45, 2.75) is 24.8 Å². The summed E-state index contributed by atoms with van der Waals surface area (Å²) < 4.78 is 34.9. The molecule has 2 aromatic rings. The SMILES string of the molecule is Cc1ccc(CN=C(N)Nc2ccc3c(c2)OCCCO3)cc1S(C)(=O)=O. The highest BCUT2D eigenvalue weighted by atomic mass is 32.2. The molecule has 0 spiro atoms. The summed E-state index contributed by atoms with van der Waals surface area (Å²) in [5.74, 6) is 1.61. The lowest BCUT2D eigenvalue weighted by Gasteiger charge is -2.11. The van der Waals surface area contributed by atoms with E-state index in [1.165, 1.54) is 6.26 Å². The number of guanidine groups is 1. The van der Waals surface area contributed by atoms with Crippen LogP contribution in [0.5, 0.6) is 11.5 Å². The second kappa shape index (κ2) is 7.87. The fraction of sp³-hybridized carbons (Fsp3) is 0.316. The van der Waals surface area contributed by atoms with Gasteiger partial charge >= 0.3 is 0 Å². The van der Waals surface area contributed by atoms with E-state index in [1.807, 2.05) is 24.3 Å². The molecule has 0 fully saturated rings. The van der Waals surface area contributed by atoms with Crippen molar-refractivity contribution < 1.29 is 17.9 Å². The standard InChI is InChI=1S/C19H23N3O4S/c1-13-4-5-14(10-18(13)27(2,23)24)12-21-19(20)22-15-6-7-16-17(11-15)26-9-3-8-25-16/h4-7,10-11H,3,8-9,12H2,1-2H3,(H3,20,21,22). The molecule has 1 heterocycles. The Kier molecular flexibility index (Phi) is 5.55. The Hall–Kier alpha value is -2.74. The lowest BCUT2D eigenvalue weighted by molar-refractivity contribution is 0.297. The van der Waals surface area contributed by atoms with Crippen molar-refractivity contribution in [1.29, 1.82) is 0 Å².